The number of pyridine rings is 2. The lowest BCUT2D eigenvalue weighted by Crippen LogP contribution is -2.56. The quantitative estimate of drug-likeness (QED) is 0.168. The average Bonchev–Trinajstić information content (AvgIpc) is 3.26. The third-order valence-corrected chi connectivity index (χ3v) is 14.7. The van der Waals surface area contributed by atoms with Gasteiger partial charge >= 0.3 is 0 Å². The Bertz CT molecular complexity index is 1410. The molecule has 3 heterocycles. The van der Waals surface area contributed by atoms with E-state index in [1.54, 1.807) is 12.4 Å². The van der Waals surface area contributed by atoms with Crippen molar-refractivity contribution < 1.29 is 13.6 Å². The Morgan fingerprint density at radius 3 is 2.25 bits per heavy atom. The van der Waals surface area contributed by atoms with Crippen molar-refractivity contribution in [3.8, 4) is 11.1 Å². The van der Waals surface area contributed by atoms with Gasteiger partial charge < -0.3 is 10.7 Å². The van der Waals surface area contributed by atoms with Crippen LogP contribution in [0.5, 0.6) is 0 Å². The van der Waals surface area contributed by atoms with Crippen LogP contribution in [0, 0.1) is 11.6 Å². The molecule has 0 atom stereocenters. The molecule has 1 aromatic carbocycles. The first-order chi connectivity index (χ1) is 17.0. The molecule has 3 N–H and O–H groups in total. The van der Waals surface area contributed by atoms with Gasteiger partial charge in [-0.3, -0.25) is 9.78 Å². The van der Waals surface area contributed by atoms with E-state index in [-0.39, 0.29) is 11.3 Å². The molecular weight excluding hydrogens is 474 g/mol. The Labute approximate surface area is 211 Å². The first-order valence-corrected chi connectivity index (χ1v) is 14.5. The lowest BCUT2D eigenvalue weighted by atomic mass is 10.00. The minimum atomic E-state index is -2.43. The SMILES string of the molecule is CC(C)[Si](c1c(-c2cccnc2)cnc2[nH]cc(C(=O)c3c(F)ccc(N)c3F)c12)(C(C)C)C(C)C. The maximum absolute atomic E-state index is 15.0. The molecule has 188 valence electrons. The molecule has 4 aromatic rings. The van der Waals surface area contributed by atoms with Crippen LogP contribution in [0.25, 0.3) is 22.2 Å². The standard InChI is InChI=1S/C28H32F2N4OSi/c1-15(2)36(16(3)4,17(5)6)27-19(18-8-7-11-32-12-18)13-33-28-23(27)20(14-34-28)26(35)24-21(29)9-10-22(31)25(24)30/h7-17H,31H2,1-6H3,(H,33,34). The van der Waals surface area contributed by atoms with Crippen molar-refractivity contribution in [3.05, 3.63) is 71.8 Å². The van der Waals surface area contributed by atoms with E-state index in [4.69, 9.17) is 5.73 Å². The molecule has 5 nitrogen and oxygen atoms in total. The summed E-state index contributed by atoms with van der Waals surface area (Å²) in [7, 11) is -2.43. The van der Waals surface area contributed by atoms with Gasteiger partial charge in [-0.05, 0) is 40.0 Å². The normalized spacial score (nSPS) is 12.3. The summed E-state index contributed by atoms with van der Waals surface area (Å²) in [5.41, 5.74) is 8.19. The second kappa shape index (κ2) is 9.58. The zero-order chi connectivity index (χ0) is 26.4. The predicted octanol–water partition coefficient (Wildman–Crippen LogP) is 6.60. The number of nitrogens with one attached hydrogen (secondary N) is 1. The second-order valence-electron chi connectivity index (χ2n) is 10.3. The molecule has 0 aliphatic heterocycles. The van der Waals surface area contributed by atoms with Crippen molar-refractivity contribution in [1.29, 1.82) is 0 Å². The number of nitrogens with two attached hydrogens (primary N) is 1. The highest BCUT2D eigenvalue weighted by atomic mass is 28.3. The number of ketones is 1. The van der Waals surface area contributed by atoms with Crippen LogP contribution in [0.3, 0.4) is 0 Å². The summed E-state index contributed by atoms with van der Waals surface area (Å²) in [6, 6.07) is 5.99. The van der Waals surface area contributed by atoms with Crippen LogP contribution in [0.15, 0.2) is 49.1 Å². The van der Waals surface area contributed by atoms with Gasteiger partial charge in [0.2, 0.25) is 5.78 Å². The zero-order valence-electron chi connectivity index (χ0n) is 21.5. The summed E-state index contributed by atoms with van der Waals surface area (Å²) in [5, 5.41) is 1.69. The molecule has 0 aliphatic carbocycles. The number of nitrogens with zero attached hydrogens (tertiary/aromatic N) is 2. The van der Waals surface area contributed by atoms with Gasteiger partial charge in [-0.25, -0.2) is 13.8 Å². The van der Waals surface area contributed by atoms with Crippen molar-refractivity contribution in [2.45, 2.75) is 58.2 Å². The van der Waals surface area contributed by atoms with Gasteiger partial charge in [-0.1, -0.05) is 47.6 Å². The molecular formula is C28H32F2N4OSi. The van der Waals surface area contributed by atoms with Gasteiger partial charge in [-0.15, -0.1) is 0 Å². The molecule has 0 fully saturated rings. The zero-order valence-corrected chi connectivity index (χ0v) is 22.5. The molecule has 0 aliphatic rings. The monoisotopic (exact) mass is 506 g/mol. The summed E-state index contributed by atoms with van der Waals surface area (Å²) in [5.74, 6) is -2.75. The number of benzene rings is 1. The summed E-state index contributed by atoms with van der Waals surface area (Å²) < 4.78 is 29.8. The molecule has 0 saturated carbocycles. The highest BCUT2D eigenvalue weighted by Crippen LogP contribution is 2.44. The molecule has 3 aromatic heterocycles. The van der Waals surface area contributed by atoms with Gasteiger partial charge in [0.15, 0.2) is 5.82 Å². The van der Waals surface area contributed by atoms with Crippen molar-refractivity contribution in [3.63, 3.8) is 0 Å². The van der Waals surface area contributed by atoms with Crippen molar-refractivity contribution >= 4 is 35.8 Å². The Morgan fingerprint density at radius 1 is 1.00 bits per heavy atom. The lowest BCUT2D eigenvalue weighted by molar-refractivity contribution is 0.103. The highest BCUT2D eigenvalue weighted by molar-refractivity contribution is 6.97. The Kier molecular flexibility index (Phi) is 6.83. The van der Waals surface area contributed by atoms with Crippen LogP contribution in [-0.4, -0.2) is 28.8 Å². The fraction of sp³-hybridized carbons (Fsp3) is 0.321. The lowest BCUT2D eigenvalue weighted by Gasteiger charge is -2.45. The molecule has 8 heteroatoms. The minimum Gasteiger partial charge on any atom is -0.396 e. The van der Waals surface area contributed by atoms with Gasteiger partial charge in [-0.2, -0.15) is 0 Å². The minimum absolute atomic E-state index is 0.195. The number of halogens is 2. The number of nitrogen functional groups attached to an aromatic ring is 1. The van der Waals surface area contributed by atoms with E-state index >= 15 is 0 Å². The smallest absolute Gasteiger partial charge is 0.201 e. The van der Waals surface area contributed by atoms with Crippen molar-refractivity contribution in [1.82, 2.24) is 15.0 Å². The summed E-state index contributed by atoms with van der Waals surface area (Å²) >= 11 is 0. The van der Waals surface area contributed by atoms with E-state index < -0.39 is 31.1 Å². The van der Waals surface area contributed by atoms with Crippen molar-refractivity contribution in [2.24, 2.45) is 0 Å². The number of fused-ring (bicyclic) bond motifs is 1. The van der Waals surface area contributed by atoms with Crippen LogP contribution < -0.4 is 10.9 Å². The van der Waals surface area contributed by atoms with Gasteiger partial charge in [0.05, 0.1) is 19.3 Å². The van der Waals surface area contributed by atoms with Gasteiger partial charge in [0.25, 0.3) is 0 Å². The Hall–Kier alpha value is -3.39. The molecule has 0 radical (unpaired) electrons. The first kappa shape index (κ1) is 25.7. The molecule has 4 rings (SSSR count). The number of hydrogen-bond donors (Lipinski definition) is 2. The average molecular weight is 507 g/mol. The third kappa shape index (κ3) is 3.84. The molecule has 0 bridgehead atoms. The number of anilines is 1. The van der Waals surface area contributed by atoms with Crippen molar-refractivity contribution in [2.75, 3.05) is 5.73 Å². The number of aromatic nitrogens is 3. The highest BCUT2D eigenvalue weighted by Gasteiger charge is 2.47. The van der Waals surface area contributed by atoms with Crippen LogP contribution in [0.4, 0.5) is 14.5 Å². The first-order valence-electron chi connectivity index (χ1n) is 12.2. The van der Waals surface area contributed by atoms with Crippen LogP contribution in [0.1, 0.15) is 57.5 Å². The molecule has 36 heavy (non-hydrogen) atoms. The number of carbonyl (C=O) groups is 1. The fourth-order valence-electron chi connectivity index (χ4n) is 6.24. The van der Waals surface area contributed by atoms with Gasteiger partial charge in [0, 0.05) is 46.9 Å². The maximum Gasteiger partial charge on any atom is 0.201 e. The largest absolute Gasteiger partial charge is 0.396 e. The van der Waals surface area contributed by atoms with Crippen LogP contribution in [0.2, 0.25) is 16.6 Å². The number of H-pyrrole nitrogens is 1. The summed E-state index contributed by atoms with van der Waals surface area (Å²) in [6.45, 7) is 13.4. The third-order valence-electron chi connectivity index (χ3n) is 7.57. The van der Waals surface area contributed by atoms with E-state index in [0.29, 0.717) is 27.7 Å². The van der Waals surface area contributed by atoms with E-state index in [0.717, 1.165) is 28.4 Å². The number of aromatic amines is 1. The molecule has 0 unspecified atom stereocenters. The molecule has 0 saturated heterocycles. The predicted molar refractivity (Wildman–Crippen MR) is 144 cm³/mol. The Balaban J connectivity index is 2.18. The number of rotatable bonds is 7. The summed E-state index contributed by atoms with van der Waals surface area (Å²) in [6.07, 6.45) is 6.84. The van der Waals surface area contributed by atoms with Gasteiger partial charge in [0.1, 0.15) is 11.5 Å². The number of carbonyl (C=O) groups excluding carboxylic acids is 1. The fourth-order valence-corrected chi connectivity index (χ4v) is 13.3. The van der Waals surface area contributed by atoms with E-state index in [1.165, 1.54) is 6.20 Å². The topological polar surface area (TPSA) is 84.7 Å². The van der Waals surface area contributed by atoms with E-state index in [1.807, 2.05) is 18.3 Å². The molecule has 0 spiro atoms. The van der Waals surface area contributed by atoms with E-state index in [2.05, 4.69) is 56.5 Å². The van der Waals surface area contributed by atoms with Crippen LogP contribution >= 0.6 is 0 Å². The Morgan fingerprint density at radius 2 is 1.67 bits per heavy atom. The second-order valence-corrected chi connectivity index (χ2v) is 16.1. The summed E-state index contributed by atoms with van der Waals surface area (Å²) in [4.78, 5) is 25.8. The van der Waals surface area contributed by atoms with Crippen LogP contribution in [-0.2, 0) is 0 Å². The van der Waals surface area contributed by atoms with E-state index in [9.17, 15) is 13.6 Å². The number of hydrogen-bond acceptors (Lipinski definition) is 4. The molecule has 0 amide bonds. The maximum atomic E-state index is 15.0.